The minimum atomic E-state index is -3.67. The fourth-order valence-electron chi connectivity index (χ4n) is 2.15. The Balaban J connectivity index is 2.24. The average molecular weight is 321 g/mol. The van der Waals surface area contributed by atoms with Crippen molar-refractivity contribution in [3.05, 3.63) is 58.9 Å². The Labute approximate surface area is 128 Å². The molecule has 0 bridgehead atoms. The summed E-state index contributed by atoms with van der Waals surface area (Å²) in [6.45, 7) is 3.92. The normalized spacial score (nSPS) is 12.0. The van der Waals surface area contributed by atoms with Crippen molar-refractivity contribution in [3.8, 4) is 0 Å². The summed E-state index contributed by atoms with van der Waals surface area (Å²) in [4.78, 5) is 4.37. The summed E-state index contributed by atoms with van der Waals surface area (Å²) in [6.07, 6.45) is 1.34. The van der Waals surface area contributed by atoms with E-state index in [1.165, 1.54) is 22.4 Å². The first-order valence-electron chi connectivity index (χ1n) is 6.35. The summed E-state index contributed by atoms with van der Waals surface area (Å²) in [5.74, 6) is 0. The van der Waals surface area contributed by atoms with Gasteiger partial charge < -0.3 is 0 Å². The Hall–Kier alpha value is -1.85. The van der Waals surface area contributed by atoms with E-state index in [4.69, 9.17) is 11.6 Å². The summed E-state index contributed by atoms with van der Waals surface area (Å²) in [5, 5.41) is 0.496. The van der Waals surface area contributed by atoms with Crippen LogP contribution >= 0.6 is 11.6 Å². The van der Waals surface area contributed by atoms with E-state index < -0.39 is 10.0 Å². The maximum atomic E-state index is 12.7. The van der Waals surface area contributed by atoms with E-state index in [0.29, 0.717) is 16.1 Å². The van der Waals surface area contributed by atoms with Crippen molar-refractivity contribution in [1.29, 1.82) is 0 Å². The Morgan fingerprint density at radius 3 is 2.33 bits per heavy atom. The lowest BCUT2D eigenvalue weighted by atomic mass is 10.1. The Morgan fingerprint density at radius 2 is 1.67 bits per heavy atom. The number of benzene rings is 2. The van der Waals surface area contributed by atoms with Gasteiger partial charge in [0.2, 0.25) is 0 Å². The summed E-state index contributed by atoms with van der Waals surface area (Å²) in [7, 11) is -3.67. The van der Waals surface area contributed by atoms with Crippen molar-refractivity contribution in [2.75, 3.05) is 0 Å². The molecule has 0 aliphatic carbocycles. The fourth-order valence-corrected chi connectivity index (χ4v) is 3.56. The summed E-state index contributed by atoms with van der Waals surface area (Å²) in [5.41, 5.74) is 3.34. The molecule has 0 saturated carbocycles. The molecule has 4 nitrogen and oxygen atoms in total. The predicted molar refractivity (Wildman–Crippen MR) is 83.2 cm³/mol. The number of aryl methyl sites for hydroxylation is 2. The van der Waals surface area contributed by atoms with Crippen molar-refractivity contribution in [1.82, 2.24) is 8.96 Å². The molecule has 0 aliphatic heterocycles. The smallest absolute Gasteiger partial charge is 0.236 e. The van der Waals surface area contributed by atoms with E-state index in [1.807, 2.05) is 26.0 Å². The zero-order valence-corrected chi connectivity index (χ0v) is 13.1. The van der Waals surface area contributed by atoms with Crippen LogP contribution in [0.1, 0.15) is 11.1 Å². The van der Waals surface area contributed by atoms with Gasteiger partial charge in [-0.25, -0.2) is 17.4 Å². The number of rotatable bonds is 2. The molecule has 1 aromatic heterocycles. The average Bonchev–Trinajstić information content (AvgIpc) is 2.83. The lowest BCUT2D eigenvalue weighted by Gasteiger charge is -2.07. The molecule has 0 spiro atoms. The molecule has 108 valence electrons. The minimum absolute atomic E-state index is 0.185. The van der Waals surface area contributed by atoms with Crippen LogP contribution < -0.4 is 0 Å². The maximum Gasteiger partial charge on any atom is 0.269 e. The van der Waals surface area contributed by atoms with E-state index in [-0.39, 0.29) is 4.90 Å². The van der Waals surface area contributed by atoms with Crippen LogP contribution in [0.3, 0.4) is 0 Å². The van der Waals surface area contributed by atoms with Gasteiger partial charge in [0, 0.05) is 5.02 Å². The SMILES string of the molecule is Cc1cc2ncn(S(=O)(=O)c3ccc(Cl)cc3)c2cc1C. The number of aromatic nitrogens is 2. The van der Waals surface area contributed by atoms with Gasteiger partial charge in [0.25, 0.3) is 10.0 Å². The zero-order valence-electron chi connectivity index (χ0n) is 11.5. The number of hydrogen-bond donors (Lipinski definition) is 0. The molecule has 0 amide bonds. The van der Waals surface area contributed by atoms with E-state index in [0.717, 1.165) is 11.1 Å². The van der Waals surface area contributed by atoms with Gasteiger partial charge in [0.05, 0.1) is 15.9 Å². The lowest BCUT2D eigenvalue weighted by Crippen LogP contribution is -2.11. The van der Waals surface area contributed by atoms with Crippen molar-refractivity contribution in [2.24, 2.45) is 0 Å². The highest BCUT2D eigenvalue weighted by Gasteiger charge is 2.19. The van der Waals surface area contributed by atoms with Crippen LogP contribution in [0.15, 0.2) is 47.6 Å². The van der Waals surface area contributed by atoms with E-state index >= 15 is 0 Å². The molecule has 1 heterocycles. The second-order valence-corrected chi connectivity index (χ2v) is 7.18. The molecule has 3 rings (SSSR count). The first kappa shape index (κ1) is 14.1. The van der Waals surface area contributed by atoms with Gasteiger partial charge in [0.1, 0.15) is 6.33 Å². The Bertz CT molecular complexity index is 928. The van der Waals surface area contributed by atoms with Crippen molar-refractivity contribution in [2.45, 2.75) is 18.7 Å². The molecule has 2 aromatic carbocycles. The highest BCUT2D eigenvalue weighted by atomic mass is 35.5. The van der Waals surface area contributed by atoms with Crippen LogP contribution in [0.25, 0.3) is 11.0 Å². The fraction of sp³-hybridized carbons (Fsp3) is 0.133. The molecule has 3 aromatic rings. The van der Waals surface area contributed by atoms with Crippen LogP contribution in [0.2, 0.25) is 5.02 Å². The first-order chi connectivity index (χ1) is 9.89. The zero-order chi connectivity index (χ0) is 15.2. The topological polar surface area (TPSA) is 52.0 Å². The molecule has 21 heavy (non-hydrogen) atoms. The highest BCUT2D eigenvalue weighted by molar-refractivity contribution is 7.90. The number of fused-ring (bicyclic) bond motifs is 1. The van der Waals surface area contributed by atoms with Gasteiger partial charge in [0.15, 0.2) is 0 Å². The maximum absolute atomic E-state index is 12.7. The number of nitrogens with zero attached hydrogens (tertiary/aromatic N) is 2. The molecule has 0 atom stereocenters. The molecule has 0 radical (unpaired) electrons. The van der Waals surface area contributed by atoms with Crippen molar-refractivity contribution >= 4 is 32.7 Å². The number of hydrogen-bond acceptors (Lipinski definition) is 3. The highest BCUT2D eigenvalue weighted by Crippen LogP contribution is 2.23. The Morgan fingerprint density at radius 1 is 1.05 bits per heavy atom. The third-order valence-electron chi connectivity index (χ3n) is 3.50. The number of imidazole rings is 1. The van der Waals surface area contributed by atoms with Gasteiger partial charge in [-0.1, -0.05) is 11.6 Å². The molecule has 6 heteroatoms. The molecular weight excluding hydrogens is 308 g/mol. The Kier molecular flexibility index (Phi) is 3.26. The third-order valence-corrected chi connectivity index (χ3v) is 5.43. The van der Waals surface area contributed by atoms with E-state index in [2.05, 4.69) is 4.98 Å². The largest absolute Gasteiger partial charge is 0.269 e. The molecule has 0 fully saturated rings. The monoisotopic (exact) mass is 320 g/mol. The summed E-state index contributed by atoms with van der Waals surface area (Å²) in [6, 6.07) is 9.82. The second kappa shape index (κ2) is 4.86. The van der Waals surface area contributed by atoms with Gasteiger partial charge in [-0.3, -0.25) is 0 Å². The predicted octanol–water partition coefficient (Wildman–Crippen LogP) is 3.54. The standard InChI is InChI=1S/C15H13ClN2O2S/c1-10-7-14-15(8-11(10)2)18(9-17-14)21(19,20)13-5-3-12(16)4-6-13/h3-9H,1-2H3. The molecule has 0 aliphatic rings. The van der Waals surface area contributed by atoms with Gasteiger partial charge in [-0.05, 0) is 61.4 Å². The van der Waals surface area contributed by atoms with E-state index in [9.17, 15) is 8.42 Å². The van der Waals surface area contributed by atoms with Gasteiger partial charge in [-0.15, -0.1) is 0 Å². The van der Waals surface area contributed by atoms with Crippen molar-refractivity contribution < 1.29 is 8.42 Å². The molecular formula is C15H13ClN2O2S. The van der Waals surface area contributed by atoms with Crippen LogP contribution in [0, 0.1) is 13.8 Å². The van der Waals surface area contributed by atoms with Crippen LogP contribution in [0.4, 0.5) is 0 Å². The minimum Gasteiger partial charge on any atom is -0.236 e. The quantitative estimate of drug-likeness (QED) is 0.725. The van der Waals surface area contributed by atoms with Crippen LogP contribution in [-0.2, 0) is 10.0 Å². The second-order valence-electron chi connectivity index (χ2n) is 4.92. The number of halogens is 1. The van der Waals surface area contributed by atoms with E-state index in [1.54, 1.807) is 12.1 Å². The third kappa shape index (κ3) is 2.32. The van der Waals surface area contributed by atoms with Gasteiger partial charge >= 0.3 is 0 Å². The summed E-state index contributed by atoms with van der Waals surface area (Å²) < 4.78 is 26.6. The van der Waals surface area contributed by atoms with Crippen molar-refractivity contribution in [3.63, 3.8) is 0 Å². The molecule has 0 unspecified atom stereocenters. The molecule has 0 saturated heterocycles. The van der Waals surface area contributed by atoms with Gasteiger partial charge in [-0.2, -0.15) is 0 Å². The van der Waals surface area contributed by atoms with Crippen LogP contribution in [-0.4, -0.2) is 17.4 Å². The first-order valence-corrected chi connectivity index (χ1v) is 8.17. The summed E-state index contributed by atoms with van der Waals surface area (Å²) >= 11 is 5.81. The van der Waals surface area contributed by atoms with Crippen LogP contribution in [0.5, 0.6) is 0 Å². The molecule has 0 N–H and O–H groups in total. The lowest BCUT2D eigenvalue weighted by molar-refractivity contribution is 0.588.